The number of ether oxygens (including phenoxy) is 1. The Labute approximate surface area is 170 Å². The van der Waals surface area contributed by atoms with Crippen molar-refractivity contribution in [1.29, 1.82) is 0 Å². The van der Waals surface area contributed by atoms with E-state index in [-0.39, 0.29) is 11.2 Å². The Morgan fingerprint density at radius 1 is 1.00 bits per heavy atom. The zero-order valence-corrected chi connectivity index (χ0v) is 17.0. The van der Waals surface area contributed by atoms with Gasteiger partial charge >= 0.3 is 0 Å². The van der Waals surface area contributed by atoms with Gasteiger partial charge in [-0.2, -0.15) is 0 Å². The highest BCUT2D eigenvalue weighted by Gasteiger charge is 2.50. The van der Waals surface area contributed by atoms with Crippen molar-refractivity contribution in [2.24, 2.45) is 0 Å². The van der Waals surface area contributed by atoms with E-state index in [1.807, 2.05) is 42.5 Å². The monoisotopic (exact) mass is 406 g/mol. The summed E-state index contributed by atoms with van der Waals surface area (Å²) in [6.45, 7) is 2.06. The summed E-state index contributed by atoms with van der Waals surface area (Å²) in [6.07, 6.45) is 3.52. The Hall–Kier alpha value is -2.70. The maximum atomic E-state index is 13.1. The van der Waals surface area contributed by atoms with Crippen LogP contribution in [0.5, 0.6) is 5.75 Å². The van der Waals surface area contributed by atoms with Crippen LogP contribution >= 0.6 is 0 Å². The molecule has 5 rings (SSSR count). The van der Waals surface area contributed by atoms with Gasteiger partial charge in [0.25, 0.3) is 0 Å². The minimum absolute atomic E-state index is 0.0232. The first-order chi connectivity index (χ1) is 14.1. The maximum absolute atomic E-state index is 13.1. The lowest BCUT2D eigenvalue weighted by molar-refractivity contribution is 0.325. The number of nitrogens with zero attached hydrogens (tertiary/aromatic N) is 2. The molecule has 3 aromatic rings. The molecule has 0 amide bonds. The smallest absolute Gasteiger partial charge is 0.183 e. The van der Waals surface area contributed by atoms with E-state index in [1.165, 1.54) is 0 Å². The van der Waals surface area contributed by atoms with Gasteiger partial charge in [0.1, 0.15) is 5.75 Å². The molecule has 2 aliphatic rings. The summed E-state index contributed by atoms with van der Waals surface area (Å²) in [4.78, 5) is 6.83. The average molecular weight is 407 g/mol. The van der Waals surface area contributed by atoms with Crippen molar-refractivity contribution >= 4 is 9.84 Å². The van der Waals surface area contributed by atoms with Gasteiger partial charge in [-0.05, 0) is 58.7 Å². The van der Waals surface area contributed by atoms with Crippen LogP contribution in [0.2, 0.25) is 0 Å². The molecule has 29 heavy (non-hydrogen) atoms. The molecule has 0 bridgehead atoms. The molecule has 2 aliphatic heterocycles. The van der Waals surface area contributed by atoms with Crippen molar-refractivity contribution in [3.63, 3.8) is 0 Å². The van der Waals surface area contributed by atoms with Crippen molar-refractivity contribution in [3.05, 3.63) is 78.1 Å². The molecule has 3 heterocycles. The fourth-order valence-corrected chi connectivity index (χ4v) is 6.76. The molecule has 0 spiro atoms. The standard InChI is InChI=1S/C23H22N2O3S/c1-28-19-5-2-16(3-6-19)13-25-14-21-20-12-18(17-8-10-24-11-9-17)4-7-22(20)29(26,27)23(21)15-25/h2-12,21,23H,13-15H2,1H3/t21-,23-/m1/s1. The van der Waals surface area contributed by atoms with Gasteiger partial charge in [-0.15, -0.1) is 0 Å². The van der Waals surface area contributed by atoms with E-state index in [4.69, 9.17) is 4.74 Å². The normalized spacial score (nSPS) is 22.2. The van der Waals surface area contributed by atoms with Gasteiger partial charge in [-0.3, -0.25) is 9.88 Å². The first-order valence-electron chi connectivity index (χ1n) is 9.70. The van der Waals surface area contributed by atoms with Crippen LogP contribution in [-0.2, 0) is 16.4 Å². The summed E-state index contributed by atoms with van der Waals surface area (Å²) in [5.74, 6) is 0.849. The molecular formula is C23H22N2O3S. The summed E-state index contributed by atoms with van der Waals surface area (Å²) < 4.78 is 31.5. The number of fused-ring (bicyclic) bond motifs is 3. The Balaban J connectivity index is 1.43. The minimum Gasteiger partial charge on any atom is -0.497 e. The summed E-state index contributed by atoms with van der Waals surface area (Å²) in [5, 5.41) is -0.358. The third-order valence-electron chi connectivity index (χ3n) is 6.04. The SMILES string of the molecule is COc1ccc(CN2C[C@@H]3c4cc(-c5ccncc5)ccc4S(=O)(=O)[C@@H]3C2)cc1. The van der Waals surface area contributed by atoms with Crippen LogP contribution in [0.3, 0.4) is 0 Å². The highest BCUT2D eigenvalue weighted by Crippen LogP contribution is 2.46. The quantitative estimate of drug-likeness (QED) is 0.664. The fourth-order valence-electron chi connectivity index (χ4n) is 4.57. The van der Waals surface area contributed by atoms with Gasteiger partial charge in [0.2, 0.25) is 0 Å². The fraction of sp³-hybridized carbons (Fsp3) is 0.261. The van der Waals surface area contributed by atoms with Gasteiger partial charge in [-0.25, -0.2) is 8.42 Å². The lowest BCUT2D eigenvalue weighted by Gasteiger charge is -2.18. The van der Waals surface area contributed by atoms with Gasteiger partial charge in [0.15, 0.2) is 9.84 Å². The number of pyridine rings is 1. The minimum atomic E-state index is -3.29. The molecule has 2 atom stereocenters. The molecular weight excluding hydrogens is 384 g/mol. The Kier molecular flexibility index (Phi) is 4.41. The van der Waals surface area contributed by atoms with Gasteiger partial charge < -0.3 is 4.74 Å². The average Bonchev–Trinajstić information content (AvgIpc) is 3.26. The Morgan fingerprint density at radius 2 is 1.76 bits per heavy atom. The Bertz CT molecular complexity index is 1140. The molecule has 148 valence electrons. The number of methoxy groups -OCH3 is 1. The van der Waals surface area contributed by atoms with E-state index in [0.717, 1.165) is 41.1 Å². The second-order valence-electron chi connectivity index (χ2n) is 7.72. The number of rotatable bonds is 4. The van der Waals surface area contributed by atoms with E-state index in [0.29, 0.717) is 11.4 Å². The third-order valence-corrected chi connectivity index (χ3v) is 8.29. The highest BCUT2D eigenvalue weighted by atomic mass is 32.2. The van der Waals surface area contributed by atoms with E-state index in [1.54, 1.807) is 25.6 Å². The van der Waals surface area contributed by atoms with E-state index in [9.17, 15) is 8.42 Å². The number of likely N-dealkylation sites (tertiary alicyclic amines) is 1. The van der Waals surface area contributed by atoms with Crippen LogP contribution in [0.4, 0.5) is 0 Å². The maximum Gasteiger partial charge on any atom is 0.183 e. The van der Waals surface area contributed by atoms with Crippen LogP contribution in [0.1, 0.15) is 17.0 Å². The summed E-state index contributed by atoms with van der Waals surface area (Å²) in [6, 6.07) is 17.6. The molecule has 0 aliphatic carbocycles. The summed E-state index contributed by atoms with van der Waals surface area (Å²) in [7, 11) is -1.64. The molecule has 0 unspecified atom stereocenters. The van der Waals surface area contributed by atoms with Crippen LogP contribution in [0.25, 0.3) is 11.1 Å². The Morgan fingerprint density at radius 3 is 2.48 bits per heavy atom. The largest absolute Gasteiger partial charge is 0.497 e. The number of aromatic nitrogens is 1. The summed E-state index contributed by atoms with van der Waals surface area (Å²) >= 11 is 0. The van der Waals surface area contributed by atoms with Crippen molar-refractivity contribution in [3.8, 4) is 16.9 Å². The number of sulfone groups is 1. The van der Waals surface area contributed by atoms with Crippen molar-refractivity contribution in [1.82, 2.24) is 9.88 Å². The first kappa shape index (κ1) is 18.3. The third kappa shape index (κ3) is 3.12. The molecule has 5 nitrogen and oxygen atoms in total. The molecule has 1 aromatic heterocycles. The predicted octanol–water partition coefficient (Wildman–Crippen LogP) is 3.51. The zero-order valence-electron chi connectivity index (χ0n) is 16.2. The topological polar surface area (TPSA) is 59.5 Å². The first-order valence-corrected chi connectivity index (χ1v) is 11.2. The number of hydrogen-bond acceptors (Lipinski definition) is 5. The molecule has 1 fully saturated rings. The van der Waals surface area contributed by atoms with Crippen molar-refractivity contribution < 1.29 is 13.2 Å². The zero-order chi connectivity index (χ0) is 20.0. The molecule has 0 radical (unpaired) electrons. The van der Waals surface area contributed by atoms with Gasteiger partial charge in [0.05, 0.1) is 17.3 Å². The number of hydrogen-bond donors (Lipinski definition) is 0. The van der Waals surface area contributed by atoms with E-state index >= 15 is 0 Å². The molecule has 2 aromatic carbocycles. The van der Waals surface area contributed by atoms with Gasteiger partial charge in [0, 0.05) is 37.9 Å². The van der Waals surface area contributed by atoms with E-state index in [2.05, 4.69) is 16.0 Å². The van der Waals surface area contributed by atoms with Crippen LogP contribution < -0.4 is 4.74 Å². The lowest BCUT2D eigenvalue weighted by atomic mass is 9.95. The molecule has 0 N–H and O–H groups in total. The van der Waals surface area contributed by atoms with Crippen molar-refractivity contribution in [2.45, 2.75) is 22.6 Å². The number of benzene rings is 2. The van der Waals surface area contributed by atoms with Crippen LogP contribution in [0, 0.1) is 0 Å². The van der Waals surface area contributed by atoms with Crippen LogP contribution in [0.15, 0.2) is 71.9 Å². The second-order valence-corrected chi connectivity index (χ2v) is 9.86. The van der Waals surface area contributed by atoms with Gasteiger partial charge in [-0.1, -0.05) is 18.2 Å². The van der Waals surface area contributed by atoms with Crippen molar-refractivity contribution in [2.75, 3.05) is 20.2 Å². The highest BCUT2D eigenvalue weighted by molar-refractivity contribution is 7.92. The second kappa shape index (κ2) is 6.97. The predicted molar refractivity (Wildman–Crippen MR) is 112 cm³/mol. The van der Waals surface area contributed by atoms with Crippen LogP contribution in [-0.4, -0.2) is 43.8 Å². The molecule has 6 heteroatoms. The van der Waals surface area contributed by atoms with E-state index < -0.39 is 9.84 Å². The summed E-state index contributed by atoms with van der Waals surface area (Å²) in [5.41, 5.74) is 4.21. The molecule has 0 saturated carbocycles. The lowest BCUT2D eigenvalue weighted by Crippen LogP contribution is -2.25. The molecule has 1 saturated heterocycles.